The average molecular weight is 387 g/mol. The molecule has 0 unspecified atom stereocenters. The van der Waals surface area contributed by atoms with E-state index in [2.05, 4.69) is 22.2 Å². The highest BCUT2D eigenvalue weighted by Crippen LogP contribution is 2.39. The van der Waals surface area contributed by atoms with Gasteiger partial charge in [0.2, 0.25) is 0 Å². The Bertz CT molecular complexity index is 1350. The van der Waals surface area contributed by atoms with Gasteiger partial charge in [-0.05, 0) is 29.1 Å². The van der Waals surface area contributed by atoms with Crippen LogP contribution in [0.2, 0.25) is 0 Å². The van der Waals surface area contributed by atoms with E-state index in [0.29, 0.717) is 6.54 Å². The molecular weight excluding hydrogens is 370 g/mol. The third-order valence-electron chi connectivity index (χ3n) is 4.89. The number of hydrogen-bond acceptors (Lipinski definition) is 4. The highest BCUT2D eigenvalue weighted by Gasteiger charge is 2.17. The number of hydrogen-bond donors (Lipinski definition) is 1. The highest BCUT2D eigenvalue weighted by atomic mass is 32.1. The first-order valence-corrected chi connectivity index (χ1v) is 9.79. The highest BCUT2D eigenvalue weighted by molar-refractivity contribution is 7.17. The van der Waals surface area contributed by atoms with E-state index < -0.39 is 0 Å². The van der Waals surface area contributed by atoms with E-state index in [-0.39, 0.29) is 5.56 Å². The summed E-state index contributed by atoms with van der Waals surface area (Å²) in [5, 5.41) is 8.41. The summed E-state index contributed by atoms with van der Waals surface area (Å²) in [5.74, 6) is 0.756. The van der Waals surface area contributed by atoms with Crippen LogP contribution in [0.1, 0.15) is 5.56 Å². The summed E-state index contributed by atoms with van der Waals surface area (Å²) >= 11 is 1.45. The van der Waals surface area contributed by atoms with Crippen molar-refractivity contribution in [2.75, 3.05) is 7.11 Å². The zero-order chi connectivity index (χ0) is 19.1. The lowest BCUT2D eigenvalue weighted by atomic mass is 9.99. The molecule has 0 atom stereocenters. The molecule has 3 heterocycles. The van der Waals surface area contributed by atoms with Crippen LogP contribution in [0.5, 0.6) is 5.75 Å². The summed E-state index contributed by atoms with van der Waals surface area (Å²) in [7, 11) is 1.66. The minimum atomic E-state index is -0.0617. The number of thiophene rings is 1. The summed E-state index contributed by atoms with van der Waals surface area (Å²) < 4.78 is 8.30. The van der Waals surface area contributed by atoms with Gasteiger partial charge in [-0.3, -0.25) is 9.48 Å². The van der Waals surface area contributed by atoms with Gasteiger partial charge in [0.15, 0.2) is 0 Å². The second kappa shape index (κ2) is 6.65. The lowest BCUT2D eigenvalue weighted by molar-refractivity contribution is 0.417. The molecule has 6 heteroatoms. The summed E-state index contributed by atoms with van der Waals surface area (Å²) in [6.07, 6.45) is 3.87. The SMILES string of the molecule is COc1ccc2[nH]c(=O)c3sccc3c2c1-c1cnn(Cc2ccccc2)c1. The Morgan fingerprint density at radius 2 is 2.00 bits per heavy atom. The van der Waals surface area contributed by atoms with E-state index in [4.69, 9.17) is 4.74 Å². The minimum Gasteiger partial charge on any atom is -0.496 e. The number of fused-ring (bicyclic) bond motifs is 3. The van der Waals surface area contributed by atoms with E-state index in [1.54, 1.807) is 7.11 Å². The molecule has 0 bridgehead atoms. The first kappa shape index (κ1) is 16.8. The number of nitrogens with one attached hydrogen (secondary N) is 1. The van der Waals surface area contributed by atoms with Crippen LogP contribution in [0.15, 0.2) is 71.1 Å². The molecule has 0 saturated carbocycles. The maximum atomic E-state index is 12.4. The first-order chi connectivity index (χ1) is 13.7. The lowest BCUT2D eigenvalue weighted by Crippen LogP contribution is -2.05. The van der Waals surface area contributed by atoms with Crippen molar-refractivity contribution < 1.29 is 4.74 Å². The minimum absolute atomic E-state index is 0.0617. The molecule has 0 fully saturated rings. The average Bonchev–Trinajstić information content (AvgIpc) is 3.38. The fourth-order valence-corrected chi connectivity index (χ4v) is 4.43. The van der Waals surface area contributed by atoms with Crippen molar-refractivity contribution >= 4 is 32.3 Å². The van der Waals surface area contributed by atoms with E-state index >= 15 is 0 Å². The molecule has 0 amide bonds. The number of pyridine rings is 1. The zero-order valence-electron chi connectivity index (χ0n) is 15.2. The monoisotopic (exact) mass is 387 g/mol. The number of aromatic amines is 1. The van der Waals surface area contributed by atoms with Gasteiger partial charge in [-0.2, -0.15) is 5.10 Å². The van der Waals surface area contributed by atoms with Gasteiger partial charge in [0.05, 0.1) is 19.9 Å². The molecule has 28 heavy (non-hydrogen) atoms. The van der Waals surface area contributed by atoms with Crippen LogP contribution in [-0.2, 0) is 6.54 Å². The molecule has 0 aliphatic carbocycles. The molecule has 0 spiro atoms. The topological polar surface area (TPSA) is 59.9 Å². The van der Waals surface area contributed by atoms with Crippen molar-refractivity contribution in [1.29, 1.82) is 0 Å². The Labute approximate surface area is 164 Å². The van der Waals surface area contributed by atoms with Gasteiger partial charge >= 0.3 is 0 Å². The summed E-state index contributed by atoms with van der Waals surface area (Å²) in [5.41, 5.74) is 3.82. The van der Waals surface area contributed by atoms with Crippen LogP contribution in [0, 0.1) is 0 Å². The molecular formula is C22H17N3O2S. The van der Waals surface area contributed by atoms with Crippen molar-refractivity contribution in [2.45, 2.75) is 6.54 Å². The van der Waals surface area contributed by atoms with Gasteiger partial charge in [-0.1, -0.05) is 30.3 Å². The van der Waals surface area contributed by atoms with Gasteiger partial charge in [0.25, 0.3) is 5.56 Å². The number of benzene rings is 2. The number of ether oxygens (including phenoxy) is 1. The Morgan fingerprint density at radius 3 is 2.82 bits per heavy atom. The normalized spacial score (nSPS) is 11.3. The Hall–Kier alpha value is -3.38. The number of methoxy groups -OCH3 is 1. The molecule has 1 N–H and O–H groups in total. The number of H-pyrrole nitrogens is 1. The Kier molecular flexibility index (Phi) is 3.98. The quantitative estimate of drug-likeness (QED) is 0.488. The Morgan fingerprint density at radius 1 is 1.14 bits per heavy atom. The van der Waals surface area contributed by atoms with Gasteiger partial charge in [0.1, 0.15) is 10.4 Å². The molecule has 0 radical (unpaired) electrons. The number of aromatic nitrogens is 3. The molecule has 2 aromatic carbocycles. The first-order valence-electron chi connectivity index (χ1n) is 8.91. The third-order valence-corrected chi connectivity index (χ3v) is 5.80. The maximum absolute atomic E-state index is 12.4. The second-order valence-electron chi connectivity index (χ2n) is 6.60. The van der Waals surface area contributed by atoms with E-state index in [0.717, 1.165) is 37.9 Å². The summed E-state index contributed by atoms with van der Waals surface area (Å²) in [4.78, 5) is 15.4. The molecule has 0 aliphatic heterocycles. The smallest absolute Gasteiger partial charge is 0.266 e. The van der Waals surface area contributed by atoms with Crippen LogP contribution < -0.4 is 10.3 Å². The third kappa shape index (κ3) is 2.70. The molecule has 0 aliphatic rings. The lowest BCUT2D eigenvalue weighted by Gasteiger charge is -2.11. The number of rotatable bonds is 4. The van der Waals surface area contributed by atoms with E-state index in [1.807, 2.05) is 58.9 Å². The molecule has 138 valence electrons. The van der Waals surface area contributed by atoms with E-state index in [9.17, 15) is 4.79 Å². The van der Waals surface area contributed by atoms with Crippen molar-refractivity contribution in [3.63, 3.8) is 0 Å². The molecule has 5 nitrogen and oxygen atoms in total. The van der Waals surface area contributed by atoms with Gasteiger partial charge in [-0.25, -0.2) is 0 Å². The van der Waals surface area contributed by atoms with Crippen molar-refractivity contribution in [2.24, 2.45) is 0 Å². The summed E-state index contributed by atoms with van der Waals surface area (Å²) in [6.45, 7) is 0.693. The Balaban J connectivity index is 1.72. The van der Waals surface area contributed by atoms with Gasteiger partial charge in [-0.15, -0.1) is 11.3 Å². The van der Waals surface area contributed by atoms with Crippen LogP contribution >= 0.6 is 11.3 Å². The molecule has 3 aromatic heterocycles. The van der Waals surface area contributed by atoms with Crippen molar-refractivity contribution in [3.8, 4) is 16.9 Å². The van der Waals surface area contributed by atoms with Crippen LogP contribution in [0.25, 0.3) is 32.1 Å². The molecule has 0 saturated heterocycles. The molecule has 5 aromatic rings. The number of nitrogens with zero attached hydrogens (tertiary/aromatic N) is 2. The zero-order valence-corrected chi connectivity index (χ0v) is 16.0. The largest absolute Gasteiger partial charge is 0.496 e. The van der Waals surface area contributed by atoms with Crippen molar-refractivity contribution in [1.82, 2.24) is 14.8 Å². The van der Waals surface area contributed by atoms with Crippen molar-refractivity contribution in [3.05, 3.63) is 82.2 Å². The van der Waals surface area contributed by atoms with E-state index in [1.165, 1.54) is 16.9 Å². The predicted molar refractivity (Wildman–Crippen MR) is 113 cm³/mol. The fourth-order valence-electron chi connectivity index (χ4n) is 3.63. The van der Waals surface area contributed by atoms with Gasteiger partial charge < -0.3 is 9.72 Å². The van der Waals surface area contributed by atoms with Crippen LogP contribution in [0.4, 0.5) is 0 Å². The fraction of sp³-hybridized carbons (Fsp3) is 0.0909. The summed E-state index contributed by atoms with van der Waals surface area (Å²) in [6, 6.07) is 16.0. The standard InChI is InChI=1S/C22H17N3O2S/c1-27-18-8-7-17-20(16-9-10-28-21(16)22(26)24-17)19(18)15-11-23-25(13-15)12-14-5-3-2-4-6-14/h2-11,13H,12H2,1H3,(H,24,26). The van der Waals surface area contributed by atoms with Crippen LogP contribution in [-0.4, -0.2) is 21.9 Å². The maximum Gasteiger partial charge on any atom is 0.266 e. The predicted octanol–water partition coefficient (Wildman–Crippen LogP) is 4.66. The van der Waals surface area contributed by atoms with Gasteiger partial charge in [0, 0.05) is 33.6 Å². The second-order valence-corrected chi connectivity index (χ2v) is 7.51. The molecule has 5 rings (SSSR count). The van der Waals surface area contributed by atoms with Crippen LogP contribution in [0.3, 0.4) is 0 Å².